The van der Waals surface area contributed by atoms with E-state index < -0.39 is 17.8 Å². The standard InChI is InChI=1S/C27H22O6/c1-16(29)22-23(17-7-9-20(10-8-17)27(31)32)24(18-11-13-21(14-12-18)33-15-28)25(22)26(30)19-5-3-2-4-6-19/h2-15,22-25H,1H3,(H,31,32)/t22-,23-,24+,25+/m1/s1. The Kier molecular flexibility index (Phi) is 6.18. The van der Waals surface area contributed by atoms with Gasteiger partial charge in [-0.05, 0) is 42.3 Å². The number of ketones is 2. The Bertz CT molecular complexity index is 1180. The fourth-order valence-electron chi connectivity index (χ4n) is 4.88. The van der Waals surface area contributed by atoms with Gasteiger partial charge in [-0.15, -0.1) is 0 Å². The number of ether oxygens (including phenoxy) is 1. The van der Waals surface area contributed by atoms with Gasteiger partial charge >= 0.3 is 5.97 Å². The maximum atomic E-state index is 13.5. The first kappa shape index (κ1) is 22.1. The maximum Gasteiger partial charge on any atom is 0.335 e. The van der Waals surface area contributed by atoms with Crippen LogP contribution in [0.3, 0.4) is 0 Å². The maximum absolute atomic E-state index is 13.5. The Morgan fingerprint density at radius 1 is 0.758 bits per heavy atom. The van der Waals surface area contributed by atoms with Gasteiger partial charge in [-0.2, -0.15) is 0 Å². The summed E-state index contributed by atoms with van der Waals surface area (Å²) < 4.78 is 4.89. The first-order valence-electron chi connectivity index (χ1n) is 10.6. The van der Waals surface area contributed by atoms with Crippen molar-refractivity contribution in [2.75, 3.05) is 0 Å². The van der Waals surface area contributed by atoms with E-state index in [4.69, 9.17) is 4.74 Å². The van der Waals surface area contributed by atoms with E-state index in [-0.39, 0.29) is 29.0 Å². The second-order valence-electron chi connectivity index (χ2n) is 8.15. The Morgan fingerprint density at radius 3 is 1.82 bits per heavy atom. The monoisotopic (exact) mass is 442 g/mol. The van der Waals surface area contributed by atoms with Gasteiger partial charge in [0.25, 0.3) is 6.47 Å². The lowest BCUT2D eigenvalue weighted by Crippen LogP contribution is -2.50. The number of Topliss-reactive ketones (excluding diaryl/α,β-unsaturated/α-hetero) is 2. The van der Waals surface area contributed by atoms with Crippen molar-refractivity contribution in [2.45, 2.75) is 18.8 Å². The molecule has 3 aromatic rings. The van der Waals surface area contributed by atoms with Crippen LogP contribution in [-0.2, 0) is 9.59 Å². The van der Waals surface area contributed by atoms with Gasteiger partial charge in [0.2, 0.25) is 0 Å². The van der Waals surface area contributed by atoms with Crippen molar-refractivity contribution >= 4 is 24.0 Å². The molecule has 6 nitrogen and oxygen atoms in total. The molecule has 33 heavy (non-hydrogen) atoms. The largest absolute Gasteiger partial charge is 0.478 e. The van der Waals surface area contributed by atoms with Crippen LogP contribution in [0.4, 0.5) is 0 Å². The van der Waals surface area contributed by atoms with Crippen LogP contribution >= 0.6 is 0 Å². The molecule has 1 N–H and O–H groups in total. The molecule has 4 rings (SSSR count). The number of carboxylic acid groups (broad SMARTS) is 1. The Morgan fingerprint density at radius 2 is 1.30 bits per heavy atom. The van der Waals surface area contributed by atoms with Crippen LogP contribution in [0.15, 0.2) is 78.9 Å². The lowest BCUT2D eigenvalue weighted by Gasteiger charge is -2.51. The molecular formula is C27H22O6. The van der Waals surface area contributed by atoms with Crippen LogP contribution in [0, 0.1) is 11.8 Å². The average molecular weight is 442 g/mol. The minimum absolute atomic E-state index is 0.0891. The summed E-state index contributed by atoms with van der Waals surface area (Å²) in [5.74, 6) is -2.53. The number of aromatic carboxylic acids is 1. The van der Waals surface area contributed by atoms with Gasteiger partial charge in [0.1, 0.15) is 11.5 Å². The molecular weight excluding hydrogens is 420 g/mol. The van der Waals surface area contributed by atoms with Crippen molar-refractivity contribution in [2.24, 2.45) is 11.8 Å². The quantitative estimate of drug-likeness (QED) is 0.407. The van der Waals surface area contributed by atoms with E-state index in [1.165, 1.54) is 19.1 Å². The Labute approximate surface area is 190 Å². The second kappa shape index (κ2) is 9.20. The molecule has 0 heterocycles. The van der Waals surface area contributed by atoms with E-state index in [0.717, 1.165) is 11.1 Å². The Balaban J connectivity index is 1.78. The predicted octanol–water partition coefficient (Wildman–Crippen LogP) is 4.51. The number of carbonyl (C=O) groups excluding carboxylic acids is 3. The van der Waals surface area contributed by atoms with Crippen LogP contribution in [0.1, 0.15) is 50.6 Å². The highest BCUT2D eigenvalue weighted by atomic mass is 16.5. The fraction of sp³-hybridized carbons (Fsp3) is 0.185. The topological polar surface area (TPSA) is 97.7 Å². The van der Waals surface area contributed by atoms with E-state index in [2.05, 4.69) is 0 Å². The van der Waals surface area contributed by atoms with Crippen molar-refractivity contribution in [3.63, 3.8) is 0 Å². The van der Waals surface area contributed by atoms with Crippen molar-refractivity contribution in [1.29, 1.82) is 0 Å². The zero-order valence-electron chi connectivity index (χ0n) is 17.9. The number of benzene rings is 3. The zero-order valence-corrected chi connectivity index (χ0v) is 17.9. The third-order valence-corrected chi connectivity index (χ3v) is 6.37. The SMILES string of the molecule is CC(=O)[C@H]1[C@H](C(=O)c2ccccc2)[C@@H](c2ccc(OC=O)cc2)[C@@H]1c1ccc(C(=O)O)cc1. The van der Waals surface area contributed by atoms with Gasteiger partial charge in [-0.3, -0.25) is 14.4 Å². The van der Waals surface area contributed by atoms with Crippen molar-refractivity contribution in [3.05, 3.63) is 101 Å². The van der Waals surface area contributed by atoms with E-state index in [1.54, 1.807) is 60.7 Å². The lowest BCUT2D eigenvalue weighted by molar-refractivity contribution is -0.127. The first-order valence-corrected chi connectivity index (χ1v) is 10.6. The molecule has 0 aromatic heterocycles. The molecule has 1 fully saturated rings. The molecule has 0 bridgehead atoms. The Hall–Kier alpha value is -4.06. The molecule has 1 aliphatic carbocycles. The molecule has 0 aliphatic heterocycles. The average Bonchev–Trinajstić information content (AvgIpc) is 2.80. The van der Waals surface area contributed by atoms with Crippen LogP contribution in [0.5, 0.6) is 5.75 Å². The normalized spacial score (nSPS) is 21.5. The molecule has 166 valence electrons. The predicted molar refractivity (Wildman–Crippen MR) is 120 cm³/mol. The third-order valence-electron chi connectivity index (χ3n) is 6.37. The molecule has 3 aromatic carbocycles. The number of hydrogen-bond acceptors (Lipinski definition) is 5. The van der Waals surface area contributed by atoms with E-state index in [0.29, 0.717) is 17.8 Å². The van der Waals surface area contributed by atoms with Gasteiger partial charge in [0.05, 0.1) is 5.56 Å². The van der Waals surface area contributed by atoms with Crippen LogP contribution in [-0.4, -0.2) is 29.1 Å². The van der Waals surface area contributed by atoms with Crippen LogP contribution in [0.25, 0.3) is 0 Å². The highest BCUT2D eigenvalue weighted by molar-refractivity contribution is 6.03. The lowest BCUT2D eigenvalue weighted by atomic mass is 9.50. The van der Waals surface area contributed by atoms with E-state index in [9.17, 15) is 24.3 Å². The smallest absolute Gasteiger partial charge is 0.335 e. The summed E-state index contributed by atoms with van der Waals surface area (Å²) in [4.78, 5) is 48.2. The summed E-state index contributed by atoms with van der Waals surface area (Å²) >= 11 is 0. The van der Waals surface area contributed by atoms with E-state index >= 15 is 0 Å². The van der Waals surface area contributed by atoms with Gasteiger partial charge in [-0.25, -0.2) is 4.79 Å². The number of carbonyl (C=O) groups is 4. The van der Waals surface area contributed by atoms with Crippen molar-refractivity contribution < 1.29 is 29.0 Å². The molecule has 0 amide bonds. The molecule has 1 saturated carbocycles. The summed E-state index contributed by atoms with van der Waals surface area (Å²) in [5, 5.41) is 9.23. The molecule has 6 heteroatoms. The number of hydrogen-bond donors (Lipinski definition) is 1. The summed E-state index contributed by atoms with van der Waals surface area (Å²) in [5.41, 5.74) is 2.34. The summed E-state index contributed by atoms with van der Waals surface area (Å²) in [6, 6.07) is 22.2. The van der Waals surface area contributed by atoms with Crippen molar-refractivity contribution in [1.82, 2.24) is 0 Å². The molecule has 0 saturated heterocycles. The first-order chi connectivity index (χ1) is 15.9. The molecule has 0 radical (unpaired) electrons. The van der Waals surface area contributed by atoms with Crippen molar-refractivity contribution in [3.8, 4) is 5.75 Å². The number of rotatable bonds is 8. The fourth-order valence-corrected chi connectivity index (χ4v) is 4.88. The van der Waals surface area contributed by atoms with Crippen LogP contribution < -0.4 is 4.74 Å². The summed E-state index contributed by atoms with van der Waals surface area (Å²) in [6.07, 6.45) is 0. The van der Waals surface area contributed by atoms with Gasteiger partial charge in [-0.1, -0.05) is 54.6 Å². The summed E-state index contributed by atoms with van der Waals surface area (Å²) in [7, 11) is 0. The van der Waals surface area contributed by atoms with Gasteiger partial charge in [0.15, 0.2) is 5.78 Å². The summed E-state index contributed by atoms with van der Waals surface area (Å²) in [6.45, 7) is 1.84. The molecule has 1 aliphatic rings. The molecule has 0 spiro atoms. The van der Waals surface area contributed by atoms with E-state index in [1.807, 2.05) is 6.07 Å². The molecule has 0 unspecified atom stereocenters. The second-order valence-corrected chi connectivity index (χ2v) is 8.15. The van der Waals surface area contributed by atoms with Gasteiger partial charge < -0.3 is 9.84 Å². The number of carboxylic acids is 1. The highest BCUT2D eigenvalue weighted by Crippen LogP contribution is 2.59. The minimum atomic E-state index is -1.03. The zero-order chi connectivity index (χ0) is 23.5. The third kappa shape index (κ3) is 4.20. The van der Waals surface area contributed by atoms with Crippen LogP contribution in [0.2, 0.25) is 0 Å². The van der Waals surface area contributed by atoms with Gasteiger partial charge in [0, 0.05) is 29.2 Å². The minimum Gasteiger partial charge on any atom is -0.478 e. The molecule has 4 atom stereocenters. The highest BCUT2D eigenvalue weighted by Gasteiger charge is 2.56.